The van der Waals surface area contributed by atoms with Gasteiger partial charge in [-0.3, -0.25) is 0 Å². The highest BCUT2D eigenvalue weighted by molar-refractivity contribution is 5.84. The standard InChI is InChI=1S/C25H22FN3O4/c1-31-22-10-5-16(11-23(22)32-2)20-13-28-25(27)29-24(20)19-9-8-18(12-21(19)30)33-14-15-3-6-17(26)7-4-15/h3-13,30H,14H2,1-2H3,(H2,27,28,29). The van der Waals surface area contributed by atoms with E-state index in [0.717, 1.165) is 11.1 Å². The van der Waals surface area contributed by atoms with Gasteiger partial charge in [-0.15, -0.1) is 0 Å². The first kappa shape index (κ1) is 21.9. The maximum atomic E-state index is 13.1. The molecule has 1 aromatic heterocycles. The molecule has 0 spiro atoms. The van der Waals surface area contributed by atoms with Crippen LogP contribution >= 0.6 is 0 Å². The van der Waals surface area contributed by atoms with Gasteiger partial charge in [0.05, 0.1) is 19.9 Å². The molecule has 4 aromatic rings. The van der Waals surface area contributed by atoms with Crippen molar-refractivity contribution in [3.63, 3.8) is 0 Å². The molecular weight excluding hydrogens is 425 g/mol. The molecule has 4 rings (SSSR count). The van der Waals surface area contributed by atoms with Gasteiger partial charge in [-0.25, -0.2) is 14.4 Å². The lowest BCUT2D eigenvalue weighted by Crippen LogP contribution is -2.00. The molecule has 0 unspecified atom stereocenters. The molecular formula is C25H22FN3O4. The Morgan fingerprint density at radius 1 is 0.909 bits per heavy atom. The van der Waals surface area contributed by atoms with Crippen LogP contribution in [0.3, 0.4) is 0 Å². The molecule has 33 heavy (non-hydrogen) atoms. The number of aromatic nitrogens is 2. The zero-order valence-corrected chi connectivity index (χ0v) is 18.1. The summed E-state index contributed by atoms with van der Waals surface area (Å²) in [5.74, 6) is 1.32. The minimum absolute atomic E-state index is 0.0357. The molecule has 1 heterocycles. The van der Waals surface area contributed by atoms with Gasteiger partial charge in [0.25, 0.3) is 0 Å². The summed E-state index contributed by atoms with van der Waals surface area (Å²) >= 11 is 0. The van der Waals surface area contributed by atoms with Gasteiger partial charge in [0.2, 0.25) is 5.95 Å². The summed E-state index contributed by atoms with van der Waals surface area (Å²) < 4.78 is 29.5. The number of anilines is 1. The summed E-state index contributed by atoms with van der Waals surface area (Å²) in [6, 6.07) is 16.4. The highest BCUT2D eigenvalue weighted by atomic mass is 19.1. The van der Waals surface area contributed by atoms with Crippen LogP contribution in [0.25, 0.3) is 22.4 Å². The van der Waals surface area contributed by atoms with Gasteiger partial charge in [-0.1, -0.05) is 18.2 Å². The highest BCUT2D eigenvalue weighted by Crippen LogP contribution is 2.39. The van der Waals surface area contributed by atoms with Crippen LogP contribution < -0.4 is 19.9 Å². The average Bonchev–Trinajstić information content (AvgIpc) is 2.83. The Balaban J connectivity index is 1.66. The summed E-state index contributed by atoms with van der Waals surface area (Å²) in [4.78, 5) is 8.49. The van der Waals surface area contributed by atoms with Gasteiger partial charge >= 0.3 is 0 Å². The molecule has 0 fully saturated rings. The Morgan fingerprint density at radius 2 is 1.67 bits per heavy atom. The molecule has 0 radical (unpaired) electrons. The van der Waals surface area contributed by atoms with Gasteiger partial charge in [-0.05, 0) is 47.5 Å². The van der Waals surface area contributed by atoms with E-state index in [2.05, 4.69) is 9.97 Å². The largest absolute Gasteiger partial charge is 0.507 e. The van der Waals surface area contributed by atoms with Crippen molar-refractivity contribution in [1.82, 2.24) is 9.97 Å². The fourth-order valence-electron chi connectivity index (χ4n) is 3.36. The third-order valence-electron chi connectivity index (χ3n) is 5.05. The molecule has 0 saturated carbocycles. The fraction of sp³-hybridized carbons (Fsp3) is 0.120. The maximum absolute atomic E-state index is 13.1. The molecule has 8 heteroatoms. The molecule has 0 bridgehead atoms. The van der Waals surface area contributed by atoms with Crippen LogP contribution in [0.1, 0.15) is 5.56 Å². The zero-order valence-electron chi connectivity index (χ0n) is 18.1. The molecule has 0 saturated heterocycles. The number of hydrogen-bond donors (Lipinski definition) is 2. The van der Waals surface area contributed by atoms with Gasteiger partial charge < -0.3 is 25.1 Å². The van der Waals surface area contributed by atoms with E-state index >= 15 is 0 Å². The van der Waals surface area contributed by atoms with Crippen LogP contribution in [0, 0.1) is 5.82 Å². The van der Waals surface area contributed by atoms with Crippen molar-refractivity contribution in [3.8, 4) is 45.4 Å². The lowest BCUT2D eigenvalue weighted by atomic mass is 9.99. The second-order valence-electron chi connectivity index (χ2n) is 7.15. The number of methoxy groups -OCH3 is 2. The van der Waals surface area contributed by atoms with E-state index in [-0.39, 0.29) is 24.1 Å². The first-order valence-corrected chi connectivity index (χ1v) is 10.0. The molecule has 3 N–H and O–H groups in total. The number of nitrogens with zero attached hydrogens (tertiary/aromatic N) is 2. The summed E-state index contributed by atoms with van der Waals surface area (Å²) in [6.07, 6.45) is 1.59. The van der Waals surface area contributed by atoms with Gasteiger partial charge in [-0.2, -0.15) is 0 Å². The first-order valence-electron chi connectivity index (χ1n) is 10.0. The van der Waals surface area contributed by atoms with Gasteiger partial charge in [0.15, 0.2) is 11.5 Å². The van der Waals surface area contributed by atoms with Crippen molar-refractivity contribution in [3.05, 3.63) is 78.2 Å². The number of nitrogens with two attached hydrogens (primary N) is 1. The maximum Gasteiger partial charge on any atom is 0.220 e. The number of phenols is 1. The number of ether oxygens (including phenoxy) is 3. The summed E-state index contributed by atoms with van der Waals surface area (Å²) in [7, 11) is 3.12. The van der Waals surface area contributed by atoms with Gasteiger partial charge in [0, 0.05) is 23.4 Å². The van der Waals surface area contributed by atoms with Crippen LogP contribution in [0.2, 0.25) is 0 Å². The smallest absolute Gasteiger partial charge is 0.220 e. The van der Waals surface area contributed by atoms with Crippen LogP contribution in [-0.4, -0.2) is 29.3 Å². The quantitative estimate of drug-likeness (QED) is 0.418. The number of rotatable bonds is 7. The van der Waals surface area contributed by atoms with Crippen molar-refractivity contribution in [2.24, 2.45) is 0 Å². The van der Waals surface area contributed by atoms with E-state index in [1.807, 2.05) is 6.07 Å². The number of hydrogen-bond acceptors (Lipinski definition) is 7. The Morgan fingerprint density at radius 3 is 2.36 bits per heavy atom. The molecule has 0 aliphatic carbocycles. The van der Waals surface area contributed by atoms with E-state index in [4.69, 9.17) is 19.9 Å². The number of halogens is 1. The van der Waals surface area contributed by atoms with E-state index in [1.54, 1.807) is 56.8 Å². The van der Waals surface area contributed by atoms with E-state index in [1.165, 1.54) is 18.2 Å². The molecule has 0 atom stereocenters. The lowest BCUT2D eigenvalue weighted by molar-refractivity contribution is 0.304. The predicted octanol–water partition coefficient (Wildman–Crippen LogP) is 4.83. The van der Waals surface area contributed by atoms with Crippen LogP contribution in [0.4, 0.5) is 10.3 Å². The second kappa shape index (κ2) is 9.44. The Bertz CT molecular complexity index is 1280. The summed E-state index contributed by atoms with van der Waals surface area (Å²) in [5, 5.41) is 10.7. The van der Waals surface area contributed by atoms with Crippen LogP contribution in [-0.2, 0) is 6.61 Å². The summed E-state index contributed by atoms with van der Waals surface area (Å²) in [5.41, 5.74) is 8.99. The molecule has 7 nitrogen and oxygen atoms in total. The van der Waals surface area contributed by atoms with E-state index in [9.17, 15) is 9.50 Å². The lowest BCUT2D eigenvalue weighted by Gasteiger charge is -2.14. The summed E-state index contributed by atoms with van der Waals surface area (Å²) in [6.45, 7) is 0.233. The van der Waals surface area contributed by atoms with Crippen molar-refractivity contribution >= 4 is 5.95 Å². The van der Waals surface area contributed by atoms with Gasteiger partial charge in [0.1, 0.15) is 23.9 Å². The third kappa shape index (κ3) is 4.79. The van der Waals surface area contributed by atoms with Crippen molar-refractivity contribution in [2.75, 3.05) is 20.0 Å². The van der Waals surface area contributed by atoms with E-state index < -0.39 is 0 Å². The van der Waals surface area contributed by atoms with Crippen molar-refractivity contribution in [2.45, 2.75) is 6.61 Å². The van der Waals surface area contributed by atoms with Crippen molar-refractivity contribution < 1.29 is 23.7 Å². The van der Waals surface area contributed by atoms with Crippen LogP contribution in [0.5, 0.6) is 23.0 Å². The average molecular weight is 447 g/mol. The SMILES string of the molecule is COc1ccc(-c2cnc(N)nc2-c2ccc(OCc3ccc(F)cc3)cc2O)cc1OC. The fourth-order valence-corrected chi connectivity index (χ4v) is 3.36. The molecule has 0 aliphatic heterocycles. The van der Waals surface area contributed by atoms with Crippen molar-refractivity contribution in [1.29, 1.82) is 0 Å². The Labute approximate surface area is 190 Å². The number of nitrogen functional groups attached to an aromatic ring is 1. The second-order valence-corrected chi connectivity index (χ2v) is 7.15. The normalized spacial score (nSPS) is 10.6. The molecule has 0 amide bonds. The Kier molecular flexibility index (Phi) is 6.26. The number of benzene rings is 3. The topological polar surface area (TPSA) is 99.7 Å². The number of aromatic hydroxyl groups is 1. The molecule has 3 aromatic carbocycles. The minimum Gasteiger partial charge on any atom is -0.507 e. The highest BCUT2D eigenvalue weighted by Gasteiger charge is 2.17. The predicted molar refractivity (Wildman–Crippen MR) is 123 cm³/mol. The molecule has 168 valence electrons. The third-order valence-corrected chi connectivity index (χ3v) is 5.05. The minimum atomic E-state index is -0.310. The van der Waals surface area contributed by atoms with Crippen LogP contribution in [0.15, 0.2) is 66.9 Å². The Hall–Kier alpha value is -4.33. The monoisotopic (exact) mass is 447 g/mol. The molecule has 0 aliphatic rings. The van der Waals surface area contributed by atoms with E-state index in [0.29, 0.717) is 34.1 Å². The zero-order chi connectivity index (χ0) is 23.4. The first-order chi connectivity index (χ1) is 16.0. The number of phenolic OH excluding ortho intramolecular Hbond substituents is 1.